The molecule has 15 heavy (non-hydrogen) atoms. The predicted octanol–water partition coefficient (Wildman–Crippen LogP) is 3.14. The van der Waals surface area contributed by atoms with Crippen LogP contribution >= 0.6 is 0 Å². The molecule has 0 bridgehead atoms. The van der Waals surface area contributed by atoms with Gasteiger partial charge in [-0.15, -0.1) is 0 Å². The SMILES string of the molecule is O=C(/C=C(\O)C(F)(F)F)C1CCCCC1. The highest BCUT2D eigenvalue weighted by molar-refractivity contribution is 5.92. The Morgan fingerprint density at radius 3 is 2.20 bits per heavy atom. The largest absolute Gasteiger partial charge is 0.504 e. The van der Waals surface area contributed by atoms with Gasteiger partial charge >= 0.3 is 6.18 Å². The van der Waals surface area contributed by atoms with Crippen molar-refractivity contribution in [3.05, 3.63) is 11.8 Å². The maximum Gasteiger partial charge on any atom is 0.448 e. The van der Waals surface area contributed by atoms with Gasteiger partial charge in [-0.2, -0.15) is 13.2 Å². The van der Waals surface area contributed by atoms with Crippen LogP contribution in [0.2, 0.25) is 0 Å². The monoisotopic (exact) mass is 222 g/mol. The molecule has 0 amide bonds. The highest BCUT2D eigenvalue weighted by Gasteiger charge is 2.35. The summed E-state index contributed by atoms with van der Waals surface area (Å²) in [4.78, 5) is 11.3. The predicted molar refractivity (Wildman–Crippen MR) is 48.3 cm³/mol. The average Bonchev–Trinajstić information content (AvgIpc) is 2.17. The zero-order valence-corrected chi connectivity index (χ0v) is 8.18. The van der Waals surface area contributed by atoms with Gasteiger partial charge in [0.05, 0.1) is 0 Å². The van der Waals surface area contributed by atoms with Gasteiger partial charge < -0.3 is 5.11 Å². The highest BCUT2D eigenvalue weighted by Crippen LogP contribution is 2.27. The number of rotatable bonds is 2. The molecule has 0 atom stereocenters. The molecule has 0 aliphatic heterocycles. The van der Waals surface area contributed by atoms with E-state index < -0.39 is 17.7 Å². The summed E-state index contributed by atoms with van der Waals surface area (Å²) in [6.07, 6.45) is -0.478. The standard InChI is InChI=1S/C10H13F3O2/c11-10(12,13)9(15)6-8(14)7-4-2-1-3-5-7/h6-7,15H,1-5H2/b9-6-. The first-order chi connectivity index (χ1) is 6.91. The van der Waals surface area contributed by atoms with E-state index in [4.69, 9.17) is 5.11 Å². The minimum atomic E-state index is -4.82. The van der Waals surface area contributed by atoms with Crippen LogP contribution in [0, 0.1) is 5.92 Å². The summed E-state index contributed by atoms with van der Waals surface area (Å²) in [5, 5.41) is 8.60. The van der Waals surface area contributed by atoms with Crippen LogP contribution < -0.4 is 0 Å². The van der Waals surface area contributed by atoms with Crippen LogP contribution in [0.1, 0.15) is 32.1 Å². The fourth-order valence-corrected chi connectivity index (χ4v) is 1.72. The Morgan fingerprint density at radius 1 is 1.20 bits per heavy atom. The van der Waals surface area contributed by atoms with Crippen molar-refractivity contribution in [1.29, 1.82) is 0 Å². The molecule has 1 aliphatic rings. The van der Waals surface area contributed by atoms with E-state index in [1.54, 1.807) is 0 Å². The lowest BCUT2D eigenvalue weighted by atomic mass is 9.86. The van der Waals surface area contributed by atoms with Gasteiger partial charge in [0.15, 0.2) is 5.78 Å². The molecule has 0 saturated heterocycles. The third-order valence-corrected chi connectivity index (χ3v) is 2.58. The summed E-state index contributed by atoms with van der Waals surface area (Å²) in [5.41, 5.74) is 0. The van der Waals surface area contributed by atoms with Crippen LogP contribution in [0.15, 0.2) is 11.8 Å². The van der Waals surface area contributed by atoms with Crippen molar-refractivity contribution in [2.75, 3.05) is 0 Å². The fraction of sp³-hybridized carbons (Fsp3) is 0.700. The van der Waals surface area contributed by atoms with Crippen molar-refractivity contribution in [3.8, 4) is 0 Å². The third-order valence-electron chi connectivity index (χ3n) is 2.58. The number of carbonyl (C=O) groups excluding carboxylic acids is 1. The van der Waals surface area contributed by atoms with Crippen molar-refractivity contribution in [3.63, 3.8) is 0 Å². The highest BCUT2D eigenvalue weighted by atomic mass is 19.4. The van der Waals surface area contributed by atoms with E-state index in [0.29, 0.717) is 18.9 Å². The molecule has 0 aromatic carbocycles. The van der Waals surface area contributed by atoms with Crippen molar-refractivity contribution < 1.29 is 23.1 Å². The molecule has 1 fully saturated rings. The number of ketones is 1. The molecule has 5 heteroatoms. The van der Waals surface area contributed by atoms with E-state index in [1.165, 1.54) is 0 Å². The van der Waals surface area contributed by atoms with Crippen LogP contribution in [-0.2, 0) is 4.79 Å². The molecule has 86 valence electrons. The van der Waals surface area contributed by atoms with Crippen LogP contribution in [0.25, 0.3) is 0 Å². The first-order valence-electron chi connectivity index (χ1n) is 4.93. The summed E-state index contributed by atoms with van der Waals surface area (Å²) >= 11 is 0. The van der Waals surface area contributed by atoms with E-state index in [1.807, 2.05) is 0 Å². The van der Waals surface area contributed by atoms with Gasteiger partial charge in [0.25, 0.3) is 0 Å². The first kappa shape index (κ1) is 12.1. The van der Waals surface area contributed by atoms with E-state index in [-0.39, 0.29) is 5.92 Å². The van der Waals surface area contributed by atoms with E-state index in [9.17, 15) is 18.0 Å². The Labute approximate surface area is 85.8 Å². The van der Waals surface area contributed by atoms with Gasteiger partial charge in [-0.1, -0.05) is 19.3 Å². The Hall–Kier alpha value is -1.00. The average molecular weight is 222 g/mol. The van der Waals surface area contributed by atoms with Gasteiger partial charge in [0, 0.05) is 12.0 Å². The number of carbonyl (C=O) groups is 1. The minimum Gasteiger partial charge on any atom is -0.504 e. The van der Waals surface area contributed by atoms with E-state index >= 15 is 0 Å². The number of hydrogen-bond donors (Lipinski definition) is 1. The zero-order chi connectivity index (χ0) is 11.5. The van der Waals surface area contributed by atoms with Crippen LogP contribution in [0.5, 0.6) is 0 Å². The third kappa shape index (κ3) is 3.57. The van der Waals surface area contributed by atoms with Crippen molar-refractivity contribution in [2.45, 2.75) is 38.3 Å². The number of aliphatic hydroxyl groups is 1. The number of hydrogen-bond acceptors (Lipinski definition) is 2. The Morgan fingerprint density at radius 2 is 1.73 bits per heavy atom. The molecule has 0 radical (unpaired) electrons. The molecule has 0 unspecified atom stereocenters. The number of alkyl halides is 3. The quantitative estimate of drug-likeness (QED) is 0.575. The molecule has 1 saturated carbocycles. The number of halogens is 3. The van der Waals surface area contributed by atoms with Crippen molar-refractivity contribution in [2.24, 2.45) is 5.92 Å². The van der Waals surface area contributed by atoms with E-state index in [2.05, 4.69) is 0 Å². The molecular formula is C10H13F3O2. The number of allylic oxidation sites excluding steroid dienone is 2. The van der Waals surface area contributed by atoms with Crippen molar-refractivity contribution in [1.82, 2.24) is 0 Å². The Balaban J connectivity index is 2.60. The smallest absolute Gasteiger partial charge is 0.448 e. The topological polar surface area (TPSA) is 37.3 Å². The van der Waals surface area contributed by atoms with Gasteiger partial charge in [0.2, 0.25) is 5.76 Å². The molecule has 0 spiro atoms. The van der Waals surface area contributed by atoms with Gasteiger partial charge in [-0.05, 0) is 12.8 Å². The normalized spacial score (nSPS) is 20.3. The Bertz CT molecular complexity index is 262. The van der Waals surface area contributed by atoms with Gasteiger partial charge in [0.1, 0.15) is 0 Å². The maximum absolute atomic E-state index is 11.9. The summed E-state index contributed by atoms with van der Waals surface area (Å²) in [7, 11) is 0. The second-order valence-electron chi connectivity index (χ2n) is 3.76. The molecule has 0 heterocycles. The van der Waals surface area contributed by atoms with Crippen LogP contribution in [-0.4, -0.2) is 17.1 Å². The fourth-order valence-electron chi connectivity index (χ4n) is 1.72. The summed E-state index contributed by atoms with van der Waals surface area (Å²) < 4.78 is 35.7. The molecule has 1 aliphatic carbocycles. The lowest BCUT2D eigenvalue weighted by Gasteiger charge is -2.18. The van der Waals surface area contributed by atoms with Crippen LogP contribution in [0.3, 0.4) is 0 Å². The Kier molecular flexibility index (Phi) is 3.77. The van der Waals surface area contributed by atoms with Gasteiger partial charge in [-0.25, -0.2) is 0 Å². The molecule has 0 aromatic heterocycles. The zero-order valence-electron chi connectivity index (χ0n) is 8.18. The molecule has 2 nitrogen and oxygen atoms in total. The molecule has 1 N–H and O–H groups in total. The first-order valence-corrected chi connectivity index (χ1v) is 4.93. The summed E-state index contributed by atoms with van der Waals surface area (Å²) in [6.45, 7) is 0. The van der Waals surface area contributed by atoms with E-state index in [0.717, 1.165) is 19.3 Å². The molecule has 1 rings (SSSR count). The second kappa shape index (κ2) is 4.68. The van der Waals surface area contributed by atoms with Gasteiger partial charge in [-0.3, -0.25) is 4.79 Å². The summed E-state index contributed by atoms with van der Waals surface area (Å²) in [5.74, 6) is -2.74. The lowest BCUT2D eigenvalue weighted by molar-refractivity contribution is -0.127. The minimum absolute atomic E-state index is 0.315. The molecular weight excluding hydrogens is 209 g/mol. The van der Waals surface area contributed by atoms with Crippen LogP contribution in [0.4, 0.5) is 13.2 Å². The summed E-state index contributed by atoms with van der Waals surface area (Å²) in [6, 6.07) is 0. The van der Waals surface area contributed by atoms with Crippen molar-refractivity contribution >= 4 is 5.78 Å². The molecule has 0 aromatic rings. The second-order valence-corrected chi connectivity index (χ2v) is 3.76. The lowest BCUT2D eigenvalue weighted by Crippen LogP contribution is -2.19. The number of aliphatic hydroxyl groups excluding tert-OH is 1. The maximum atomic E-state index is 11.9.